The Hall–Kier alpha value is -4.33. The van der Waals surface area contributed by atoms with Gasteiger partial charge in [-0.15, -0.1) is 0 Å². The van der Waals surface area contributed by atoms with E-state index in [1.165, 1.54) is 31.9 Å². The molecule has 3 N–H and O–H groups in total. The fourth-order valence-electron chi connectivity index (χ4n) is 3.75. The zero-order chi connectivity index (χ0) is 27.3. The Balaban J connectivity index is 1.44. The molecule has 0 unspecified atom stereocenters. The second-order valence-corrected chi connectivity index (χ2v) is 8.34. The molecule has 1 fully saturated rings. The van der Waals surface area contributed by atoms with E-state index in [1.807, 2.05) is 0 Å². The summed E-state index contributed by atoms with van der Waals surface area (Å²) in [5, 5.41) is 7.69. The van der Waals surface area contributed by atoms with Gasteiger partial charge in [-0.3, -0.25) is 14.6 Å². The molecule has 1 aromatic carbocycles. The third kappa shape index (κ3) is 5.96. The molecule has 10 nitrogen and oxygen atoms in total. The lowest BCUT2D eigenvalue weighted by atomic mass is 9.96. The first kappa shape index (κ1) is 26.7. The second-order valence-electron chi connectivity index (χ2n) is 8.34. The SMILES string of the molecule is COc1ccc(Nc2cnc(CNC(=O)[C@]3(NC(=O)c4cncnc4)CCOC3)c(F)c2)c(C(F)(F)F)c1. The van der Waals surface area contributed by atoms with Crippen molar-refractivity contribution < 1.29 is 36.6 Å². The number of nitrogens with zero attached hydrogens (tertiary/aromatic N) is 3. The van der Waals surface area contributed by atoms with Crippen LogP contribution in [0.4, 0.5) is 28.9 Å². The van der Waals surface area contributed by atoms with Gasteiger partial charge >= 0.3 is 6.18 Å². The first-order valence-corrected chi connectivity index (χ1v) is 11.2. The molecule has 1 saturated heterocycles. The molecule has 14 heteroatoms. The van der Waals surface area contributed by atoms with Crippen LogP contribution in [0.2, 0.25) is 0 Å². The topological polar surface area (TPSA) is 127 Å². The Kier molecular flexibility index (Phi) is 7.71. The highest BCUT2D eigenvalue weighted by Crippen LogP contribution is 2.38. The molecule has 200 valence electrons. The van der Waals surface area contributed by atoms with Crippen LogP contribution in [0, 0.1) is 5.82 Å². The predicted molar refractivity (Wildman–Crippen MR) is 125 cm³/mol. The number of hydrogen-bond acceptors (Lipinski definition) is 8. The van der Waals surface area contributed by atoms with Crippen LogP contribution >= 0.6 is 0 Å². The number of nitrogens with one attached hydrogen (secondary N) is 3. The van der Waals surface area contributed by atoms with E-state index in [0.717, 1.165) is 24.4 Å². The van der Waals surface area contributed by atoms with Crippen LogP contribution < -0.4 is 20.7 Å². The van der Waals surface area contributed by atoms with Gasteiger partial charge < -0.3 is 25.4 Å². The molecule has 2 amide bonds. The number of alkyl halides is 3. The fourth-order valence-corrected chi connectivity index (χ4v) is 3.75. The van der Waals surface area contributed by atoms with Crippen LogP contribution in [0.15, 0.2) is 49.2 Å². The van der Waals surface area contributed by atoms with Crippen molar-refractivity contribution in [1.82, 2.24) is 25.6 Å². The van der Waals surface area contributed by atoms with Gasteiger partial charge in [0.1, 0.15) is 23.4 Å². The van der Waals surface area contributed by atoms with Gasteiger partial charge in [0, 0.05) is 31.5 Å². The van der Waals surface area contributed by atoms with Crippen LogP contribution in [-0.2, 0) is 22.3 Å². The minimum absolute atomic E-state index is 0.0111. The van der Waals surface area contributed by atoms with Crippen LogP contribution in [0.1, 0.15) is 28.0 Å². The number of carbonyl (C=O) groups is 2. The second kappa shape index (κ2) is 11.0. The van der Waals surface area contributed by atoms with Gasteiger partial charge in [-0.1, -0.05) is 0 Å². The van der Waals surface area contributed by atoms with Crippen LogP contribution in [0.25, 0.3) is 0 Å². The normalized spacial score (nSPS) is 17.1. The molecule has 1 aliphatic rings. The summed E-state index contributed by atoms with van der Waals surface area (Å²) in [6.45, 7) is -0.217. The Morgan fingerprint density at radius 1 is 1.16 bits per heavy atom. The van der Waals surface area contributed by atoms with Gasteiger partial charge in [0.2, 0.25) is 5.91 Å². The Labute approximate surface area is 213 Å². The molecule has 3 aromatic rings. The number of amides is 2. The van der Waals surface area contributed by atoms with Crippen molar-refractivity contribution in [2.75, 3.05) is 25.6 Å². The van der Waals surface area contributed by atoms with E-state index in [0.29, 0.717) is 0 Å². The molecule has 1 aliphatic heterocycles. The number of ether oxygens (including phenoxy) is 2. The molecule has 1 atom stereocenters. The molecule has 0 saturated carbocycles. The minimum atomic E-state index is -4.68. The first-order chi connectivity index (χ1) is 18.1. The maximum absolute atomic E-state index is 14.8. The van der Waals surface area contributed by atoms with Crippen molar-refractivity contribution in [2.24, 2.45) is 0 Å². The average molecular weight is 534 g/mol. The smallest absolute Gasteiger partial charge is 0.418 e. The van der Waals surface area contributed by atoms with Crippen LogP contribution in [0.5, 0.6) is 5.75 Å². The molecular weight excluding hydrogens is 512 g/mol. The maximum Gasteiger partial charge on any atom is 0.418 e. The predicted octanol–water partition coefficient (Wildman–Crippen LogP) is 2.99. The van der Waals surface area contributed by atoms with E-state index in [-0.39, 0.29) is 54.6 Å². The Morgan fingerprint density at radius 2 is 1.92 bits per heavy atom. The highest BCUT2D eigenvalue weighted by atomic mass is 19.4. The monoisotopic (exact) mass is 534 g/mol. The number of carbonyl (C=O) groups excluding carboxylic acids is 2. The molecule has 0 bridgehead atoms. The number of pyridine rings is 1. The summed E-state index contributed by atoms with van der Waals surface area (Å²) in [4.78, 5) is 37.0. The van der Waals surface area contributed by atoms with E-state index in [9.17, 15) is 27.2 Å². The van der Waals surface area contributed by atoms with E-state index >= 15 is 0 Å². The summed E-state index contributed by atoms with van der Waals surface area (Å²) in [5.41, 5.74) is -2.76. The number of hydrogen-bond donors (Lipinski definition) is 3. The van der Waals surface area contributed by atoms with Crippen molar-refractivity contribution in [3.63, 3.8) is 0 Å². The standard InChI is InChI=1S/C24H22F4N6O4/c1-37-16-2-3-19(17(7-16)24(26,27)28)33-15-6-18(25)20(31-10-15)11-32-22(36)23(4-5-38-12-23)34-21(35)14-8-29-13-30-9-14/h2-3,6-10,13,33H,4-5,11-12H2,1H3,(H,32,36)(H,34,35)/t23-/m0/s1. The minimum Gasteiger partial charge on any atom is -0.497 e. The molecular formula is C24H22F4N6O4. The number of rotatable bonds is 8. The summed E-state index contributed by atoms with van der Waals surface area (Å²) in [6.07, 6.45) is 0.480. The zero-order valence-corrected chi connectivity index (χ0v) is 19.9. The fraction of sp³-hybridized carbons (Fsp3) is 0.292. The largest absolute Gasteiger partial charge is 0.497 e. The van der Waals surface area contributed by atoms with Gasteiger partial charge in [-0.2, -0.15) is 13.2 Å². The third-order valence-electron chi connectivity index (χ3n) is 5.78. The van der Waals surface area contributed by atoms with E-state index in [1.54, 1.807) is 0 Å². The van der Waals surface area contributed by atoms with E-state index in [4.69, 9.17) is 9.47 Å². The number of anilines is 2. The summed E-state index contributed by atoms with van der Waals surface area (Å²) in [7, 11) is 1.24. The number of methoxy groups -OCH3 is 1. The molecule has 2 aromatic heterocycles. The molecule has 0 spiro atoms. The van der Waals surface area contributed by atoms with E-state index in [2.05, 4.69) is 30.9 Å². The summed E-state index contributed by atoms with van der Waals surface area (Å²) in [6, 6.07) is 4.27. The van der Waals surface area contributed by atoms with Crippen molar-refractivity contribution in [3.05, 3.63) is 71.8 Å². The first-order valence-electron chi connectivity index (χ1n) is 11.2. The summed E-state index contributed by atoms with van der Waals surface area (Å²) < 4.78 is 65.3. The Morgan fingerprint density at radius 3 is 2.55 bits per heavy atom. The summed E-state index contributed by atoms with van der Waals surface area (Å²) >= 11 is 0. The molecule has 0 aliphatic carbocycles. The quantitative estimate of drug-likeness (QED) is 0.377. The summed E-state index contributed by atoms with van der Waals surface area (Å²) in [5.74, 6) is -2.05. The molecule has 0 radical (unpaired) electrons. The lowest BCUT2D eigenvalue weighted by Crippen LogP contribution is -2.59. The van der Waals surface area contributed by atoms with Gasteiger partial charge in [0.25, 0.3) is 5.91 Å². The number of aromatic nitrogens is 3. The van der Waals surface area contributed by atoms with Gasteiger partial charge in [-0.05, 0) is 18.2 Å². The number of benzene rings is 1. The van der Waals surface area contributed by atoms with Crippen molar-refractivity contribution >= 4 is 23.2 Å². The van der Waals surface area contributed by atoms with Gasteiger partial charge in [0.05, 0.1) is 54.7 Å². The lowest BCUT2D eigenvalue weighted by molar-refractivity contribution is -0.137. The Bertz CT molecular complexity index is 1320. The van der Waals surface area contributed by atoms with Crippen LogP contribution in [0.3, 0.4) is 0 Å². The van der Waals surface area contributed by atoms with Gasteiger partial charge in [-0.25, -0.2) is 14.4 Å². The van der Waals surface area contributed by atoms with Crippen LogP contribution in [-0.4, -0.2) is 52.6 Å². The number of halogens is 4. The lowest BCUT2D eigenvalue weighted by Gasteiger charge is -2.27. The van der Waals surface area contributed by atoms with E-state index < -0.39 is 34.9 Å². The average Bonchev–Trinajstić information content (AvgIpc) is 3.38. The van der Waals surface area contributed by atoms with Crippen molar-refractivity contribution in [2.45, 2.75) is 24.7 Å². The van der Waals surface area contributed by atoms with Gasteiger partial charge in [0.15, 0.2) is 0 Å². The zero-order valence-electron chi connectivity index (χ0n) is 19.9. The molecule has 4 rings (SSSR count). The third-order valence-corrected chi connectivity index (χ3v) is 5.78. The molecule has 3 heterocycles. The van der Waals surface area contributed by atoms with Crippen molar-refractivity contribution in [3.8, 4) is 5.75 Å². The maximum atomic E-state index is 14.8. The van der Waals surface area contributed by atoms with Crippen molar-refractivity contribution in [1.29, 1.82) is 0 Å². The highest BCUT2D eigenvalue weighted by Gasteiger charge is 2.44. The molecule has 38 heavy (non-hydrogen) atoms. The highest BCUT2D eigenvalue weighted by molar-refractivity contribution is 5.99.